The third-order valence-corrected chi connectivity index (χ3v) is 2.13. The number of ether oxygens (including phenoxy) is 1. The zero-order chi connectivity index (χ0) is 11.0. The van der Waals surface area contributed by atoms with Crippen molar-refractivity contribution in [3.63, 3.8) is 0 Å². The Bertz CT molecular complexity index is 187. The molecule has 1 fully saturated rings. The summed E-state index contributed by atoms with van der Waals surface area (Å²) < 4.78 is 4.79. The second kappa shape index (κ2) is 7.54. The van der Waals surface area contributed by atoms with Crippen LogP contribution in [0.3, 0.4) is 0 Å². The molecule has 3 nitrogen and oxygen atoms in total. The van der Waals surface area contributed by atoms with Crippen LogP contribution >= 0.6 is 0 Å². The molecule has 0 bridgehead atoms. The smallest absolute Gasteiger partial charge is 0.316 e. The van der Waals surface area contributed by atoms with Gasteiger partial charge in [0.15, 0.2) is 0 Å². The standard InChI is InChI=1S/C9H14O3.C2H6/c1-2-12-9(11)7-5-3-4-6-8(7)10;1-2/h7H,2-6H2,1H3;1-2H3. The first-order valence-corrected chi connectivity index (χ1v) is 5.45. The molecule has 0 saturated heterocycles. The van der Waals surface area contributed by atoms with Gasteiger partial charge in [0.1, 0.15) is 11.7 Å². The van der Waals surface area contributed by atoms with Gasteiger partial charge in [-0.2, -0.15) is 0 Å². The Hall–Kier alpha value is -0.860. The predicted octanol–water partition coefficient (Wildman–Crippen LogP) is 2.33. The highest BCUT2D eigenvalue weighted by Crippen LogP contribution is 2.21. The average Bonchev–Trinajstić information content (AvgIpc) is 2.22. The van der Waals surface area contributed by atoms with Gasteiger partial charge in [-0.1, -0.05) is 20.3 Å². The van der Waals surface area contributed by atoms with Gasteiger partial charge in [0.05, 0.1) is 6.61 Å². The molecule has 0 heterocycles. The lowest BCUT2D eigenvalue weighted by atomic mass is 9.88. The van der Waals surface area contributed by atoms with E-state index in [1.165, 1.54) is 0 Å². The first kappa shape index (κ1) is 13.1. The Kier molecular flexibility index (Phi) is 7.07. The molecule has 1 atom stereocenters. The predicted molar refractivity (Wildman–Crippen MR) is 54.9 cm³/mol. The number of carbonyl (C=O) groups excluding carboxylic acids is 2. The minimum absolute atomic E-state index is 0.0553. The van der Waals surface area contributed by atoms with Gasteiger partial charge in [0, 0.05) is 6.42 Å². The fourth-order valence-corrected chi connectivity index (χ4v) is 1.48. The van der Waals surface area contributed by atoms with Crippen molar-refractivity contribution in [1.29, 1.82) is 0 Å². The third kappa shape index (κ3) is 3.90. The number of ketones is 1. The van der Waals surface area contributed by atoms with Crippen LogP contribution in [0.2, 0.25) is 0 Å². The summed E-state index contributed by atoms with van der Waals surface area (Å²) in [5, 5.41) is 0. The fraction of sp³-hybridized carbons (Fsp3) is 0.818. The zero-order valence-corrected chi connectivity index (χ0v) is 9.34. The number of hydrogen-bond donors (Lipinski definition) is 0. The van der Waals surface area contributed by atoms with E-state index in [4.69, 9.17) is 4.74 Å². The molecule has 1 aliphatic rings. The van der Waals surface area contributed by atoms with E-state index in [2.05, 4.69) is 0 Å². The second-order valence-corrected chi connectivity index (χ2v) is 3.02. The van der Waals surface area contributed by atoms with Crippen LogP contribution in [0.5, 0.6) is 0 Å². The molecule has 82 valence electrons. The van der Waals surface area contributed by atoms with Crippen LogP contribution < -0.4 is 0 Å². The first-order chi connectivity index (χ1) is 6.75. The van der Waals surface area contributed by atoms with Gasteiger partial charge in [-0.05, 0) is 19.8 Å². The minimum Gasteiger partial charge on any atom is -0.465 e. The molecule has 1 saturated carbocycles. The second-order valence-electron chi connectivity index (χ2n) is 3.02. The molecule has 0 radical (unpaired) electrons. The normalized spacial score (nSPS) is 20.8. The Morgan fingerprint density at radius 3 is 2.57 bits per heavy atom. The molecular weight excluding hydrogens is 180 g/mol. The summed E-state index contributed by atoms with van der Waals surface area (Å²) >= 11 is 0. The van der Waals surface area contributed by atoms with E-state index in [1.807, 2.05) is 13.8 Å². The molecule has 0 N–H and O–H groups in total. The largest absolute Gasteiger partial charge is 0.465 e. The van der Waals surface area contributed by atoms with E-state index in [0.717, 1.165) is 12.8 Å². The Balaban J connectivity index is 0.000000791. The van der Waals surface area contributed by atoms with Crippen molar-refractivity contribution < 1.29 is 14.3 Å². The van der Waals surface area contributed by atoms with E-state index in [9.17, 15) is 9.59 Å². The van der Waals surface area contributed by atoms with Crippen LogP contribution in [0.1, 0.15) is 46.5 Å². The first-order valence-electron chi connectivity index (χ1n) is 5.45. The summed E-state index contributed by atoms with van der Waals surface area (Å²) in [7, 11) is 0. The number of carbonyl (C=O) groups is 2. The molecule has 3 heteroatoms. The topological polar surface area (TPSA) is 43.4 Å². The molecular formula is C11H20O3. The summed E-state index contributed by atoms with van der Waals surface area (Å²) in [5.74, 6) is -0.736. The van der Waals surface area contributed by atoms with Crippen LogP contribution in [-0.4, -0.2) is 18.4 Å². The lowest BCUT2D eigenvalue weighted by Gasteiger charge is -2.18. The molecule has 0 amide bonds. The SMILES string of the molecule is CC.CCOC(=O)C1CCCCC1=O. The summed E-state index contributed by atoms with van der Waals surface area (Å²) in [5.41, 5.74) is 0. The number of esters is 1. The van der Waals surface area contributed by atoms with Crippen molar-refractivity contribution in [2.75, 3.05) is 6.61 Å². The van der Waals surface area contributed by atoms with E-state index in [1.54, 1.807) is 6.92 Å². The highest BCUT2D eigenvalue weighted by Gasteiger charge is 2.29. The monoisotopic (exact) mass is 200 g/mol. The third-order valence-electron chi connectivity index (χ3n) is 2.13. The molecule has 0 spiro atoms. The summed E-state index contributed by atoms with van der Waals surface area (Å²) in [4.78, 5) is 22.4. The number of rotatable bonds is 2. The van der Waals surface area contributed by atoms with Crippen LogP contribution in [0.4, 0.5) is 0 Å². The van der Waals surface area contributed by atoms with Gasteiger partial charge in [0.2, 0.25) is 0 Å². The van der Waals surface area contributed by atoms with Crippen molar-refractivity contribution >= 4 is 11.8 Å². The molecule has 1 aliphatic carbocycles. The van der Waals surface area contributed by atoms with E-state index < -0.39 is 5.92 Å². The Morgan fingerprint density at radius 2 is 2.07 bits per heavy atom. The van der Waals surface area contributed by atoms with E-state index >= 15 is 0 Å². The number of hydrogen-bond acceptors (Lipinski definition) is 3. The Labute approximate surface area is 85.8 Å². The number of Topliss-reactive ketones (excluding diaryl/α,β-unsaturated/α-hetero) is 1. The fourth-order valence-electron chi connectivity index (χ4n) is 1.48. The van der Waals surface area contributed by atoms with Crippen LogP contribution in [0.25, 0.3) is 0 Å². The van der Waals surface area contributed by atoms with Crippen molar-refractivity contribution in [2.24, 2.45) is 5.92 Å². The van der Waals surface area contributed by atoms with Crippen molar-refractivity contribution in [3.8, 4) is 0 Å². The molecule has 0 aromatic rings. The molecule has 1 unspecified atom stereocenters. The quantitative estimate of drug-likeness (QED) is 0.507. The van der Waals surface area contributed by atoms with Crippen LogP contribution in [-0.2, 0) is 14.3 Å². The van der Waals surface area contributed by atoms with Gasteiger partial charge in [0.25, 0.3) is 0 Å². The molecule has 0 aromatic heterocycles. The summed E-state index contributed by atoms with van der Waals surface area (Å²) in [6.45, 7) is 6.12. The van der Waals surface area contributed by atoms with Gasteiger partial charge in [-0.15, -0.1) is 0 Å². The van der Waals surface area contributed by atoms with Gasteiger partial charge < -0.3 is 4.74 Å². The highest BCUT2D eigenvalue weighted by molar-refractivity contribution is 5.99. The lowest BCUT2D eigenvalue weighted by molar-refractivity contribution is -0.152. The minimum atomic E-state index is -0.460. The van der Waals surface area contributed by atoms with Crippen molar-refractivity contribution in [2.45, 2.75) is 46.5 Å². The Morgan fingerprint density at radius 1 is 1.43 bits per heavy atom. The van der Waals surface area contributed by atoms with Crippen LogP contribution in [0, 0.1) is 5.92 Å². The average molecular weight is 200 g/mol. The van der Waals surface area contributed by atoms with Gasteiger partial charge in [-0.3, -0.25) is 9.59 Å². The zero-order valence-electron chi connectivity index (χ0n) is 9.34. The van der Waals surface area contributed by atoms with Crippen molar-refractivity contribution in [1.82, 2.24) is 0 Å². The molecule has 14 heavy (non-hydrogen) atoms. The maximum absolute atomic E-state index is 11.2. The van der Waals surface area contributed by atoms with Crippen LogP contribution in [0.15, 0.2) is 0 Å². The summed E-state index contributed by atoms with van der Waals surface area (Å²) in [6, 6.07) is 0. The summed E-state index contributed by atoms with van der Waals surface area (Å²) in [6.07, 6.45) is 3.12. The maximum atomic E-state index is 11.2. The van der Waals surface area contributed by atoms with Gasteiger partial charge >= 0.3 is 5.97 Å². The molecule has 1 rings (SSSR count). The van der Waals surface area contributed by atoms with E-state index in [-0.39, 0.29) is 11.8 Å². The van der Waals surface area contributed by atoms with Gasteiger partial charge in [-0.25, -0.2) is 0 Å². The molecule has 0 aromatic carbocycles. The maximum Gasteiger partial charge on any atom is 0.316 e. The van der Waals surface area contributed by atoms with Crippen molar-refractivity contribution in [3.05, 3.63) is 0 Å². The van der Waals surface area contributed by atoms with E-state index in [0.29, 0.717) is 19.4 Å². The molecule has 0 aliphatic heterocycles. The highest BCUT2D eigenvalue weighted by atomic mass is 16.5. The lowest BCUT2D eigenvalue weighted by Crippen LogP contribution is -2.28.